The van der Waals surface area contributed by atoms with Crippen LogP contribution in [-0.4, -0.2) is 40.7 Å². The molecule has 6 aromatic rings. The number of hydrogen-bond acceptors (Lipinski definition) is 11. The second-order valence-corrected chi connectivity index (χ2v) is 13.5. The first-order valence-electron chi connectivity index (χ1n) is 15.9. The number of benzene rings is 4. The quantitative estimate of drug-likeness (QED) is 0.0705. The van der Waals surface area contributed by atoms with Crippen LogP contribution in [-0.2, 0) is 17.2 Å². The number of hydrogen-bond donors (Lipinski definition) is 1. The minimum atomic E-state index is -1.13. The van der Waals surface area contributed by atoms with Crippen LogP contribution in [0.15, 0.2) is 117 Å². The lowest BCUT2D eigenvalue weighted by Crippen LogP contribution is -2.31. The van der Waals surface area contributed by atoms with E-state index in [2.05, 4.69) is 10.2 Å². The van der Waals surface area contributed by atoms with Gasteiger partial charge in [0.15, 0.2) is 38.7 Å². The van der Waals surface area contributed by atoms with Gasteiger partial charge < -0.3 is 23.7 Å². The Balaban J connectivity index is 1.27. The SMILES string of the molecule is CCOc1cc(C2C(C(=O)c3cc4cccc(OC)c4o3)=C(O)C(=O)N2c2nnc(SCc3ccc(F)cc3)s2)ccc1OCc1ccccc1. The van der Waals surface area contributed by atoms with E-state index in [1.54, 1.807) is 54.6 Å². The molecule has 0 spiro atoms. The van der Waals surface area contributed by atoms with Crippen LogP contribution in [0.4, 0.5) is 9.52 Å². The van der Waals surface area contributed by atoms with Crippen LogP contribution in [0.5, 0.6) is 17.2 Å². The number of aliphatic hydroxyl groups excluding tert-OH is 1. The molecule has 1 N–H and O–H groups in total. The first-order chi connectivity index (χ1) is 24.8. The fraction of sp³-hybridized carbons (Fsp3) is 0.158. The summed E-state index contributed by atoms with van der Waals surface area (Å²) < 4.78 is 37.4. The van der Waals surface area contributed by atoms with Crippen molar-refractivity contribution in [3.8, 4) is 17.2 Å². The number of anilines is 1. The predicted molar refractivity (Wildman–Crippen MR) is 191 cm³/mol. The second-order valence-electron chi connectivity index (χ2n) is 11.3. The number of ketones is 1. The van der Waals surface area contributed by atoms with E-state index >= 15 is 0 Å². The molecular formula is C38H30FN3O7S2. The molecule has 7 rings (SSSR count). The van der Waals surface area contributed by atoms with Gasteiger partial charge in [0.25, 0.3) is 5.91 Å². The number of para-hydroxylation sites is 1. The number of ether oxygens (including phenoxy) is 3. The summed E-state index contributed by atoms with van der Waals surface area (Å²) in [5, 5.41) is 20.8. The number of Topliss-reactive ketones (excluding diaryl/α,β-unsaturated/α-hetero) is 1. The van der Waals surface area contributed by atoms with E-state index in [-0.39, 0.29) is 28.9 Å². The lowest BCUT2D eigenvalue weighted by molar-refractivity contribution is -0.117. The van der Waals surface area contributed by atoms with E-state index in [4.69, 9.17) is 18.6 Å². The zero-order valence-electron chi connectivity index (χ0n) is 27.4. The van der Waals surface area contributed by atoms with Crippen LogP contribution in [0.25, 0.3) is 11.0 Å². The molecule has 2 aromatic heterocycles. The van der Waals surface area contributed by atoms with E-state index in [1.165, 1.54) is 35.9 Å². The Morgan fingerprint density at radius 3 is 2.51 bits per heavy atom. The van der Waals surface area contributed by atoms with Crippen LogP contribution in [0, 0.1) is 5.82 Å². The number of rotatable bonds is 13. The maximum absolute atomic E-state index is 14.3. The molecular weight excluding hydrogens is 694 g/mol. The number of methoxy groups -OCH3 is 1. The number of nitrogens with zero attached hydrogens (tertiary/aromatic N) is 3. The van der Waals surface area contributed by atoms with Crippen molar-refractivity contribution in [2.24, 2.45) is 0 Å². The molecule has 258 valence electrons. The highest BCUT2D eigenvalue weighted by atomic mass is 32.2. The van der Waals surface area contributed by atoms with Crippen molar-refractivity contribution < 1.29 is 37.7 Å². The van der Waals surface area contributed by atoms with E-state index in [9.17, 15) is 19.1 Å². The van der Waals surface area contributed by atoms with Crippen LogP contribution in [0.1, 0.15) is 40.2 Å². The molecule has 0 bridgehead atoms. The average Bonchev–Trinajstić information content (AvgIpc) is 3.87. The summed E-state index contributed by atoms with van der Waals surface area (Å²) in [4.78, 5) is 29.5. The molecule has 10 nitrogen and oxygen atoms in total. The standard InChI is InChI=1S/C38H30FN3O7S2/c1-3-47-29-18-24(14-17-27(29)48-20-22-8-5-4-6-9-22)32-31(33(43)30-19-25-10-7-11-28(46-2)35(25)49-30)34(44)36(45)42(32)37-40-41-38(51-37)50-21-23-12-15-26(39)16-13-23/h4-19,32,44H,3,20-21H2,1-2H3. The Kier molecular flexibility index (Phi) is 9.73. The van der Waals surface area contributed by atoms with Gasteiger partial charge >= 0.3 is 0 Å². The van der Waals surface area contributed by atoms with Gasteiger partial charge in [0.05, 0.1) is 25.3 Å². The van der Waals surface area contributed by atoms with E-state index in [0.29, 0.717) is 50.5 Å². The molecule has 1 atom stereocenters. The second kappa shape index (κ2) is 14.7. The van der Waals surface area contributed by atoms with E-state index < -0.39 is 23.5 Å². The third kappa shape index (κ3) is 6.90. The van der Waals surface area contributed by atoms with Gasteiger partial charge in [0.2, 0.25) is 10.9 Å². The third-order valence-corrected chi connectivity index (χ3v) is 10.2. The topological polar surface area (TPSA) is 124 Å². The maximum atomic E-state index is 14.3. The smallest absolute Gasteiger partial charge is 0.296 e. The molecule has 0 aliphatic carbocycles. The summed E-state index contributed by atoms with van der Waals surface area (Å²) in [6.07, 6.45) is 0. The number of aromatic nitrogens is 2. The average molecular weight is 724 g/mol. The summed E-state index contributed by atoms with van der Waals surface area (Å²) in [6, 6.07) is 26.6. The molecule has 3 heterocycles. The van der Waals surface area contributed by atoms with Crippen molar-refractivity contribution in [3.63, 3.8) is 0 Å². The monoisotopic (exact) mass is 723 g/mol. The Morgan fingerprint density at radius 2 is 1.75 bits per heavy atom. The lowest BCUT2D eigenvalue weighted by Gasteiger charge is -2.25. The number of thioether (sulfide) groups is 1. The van der Waals surface area contributed by atoms with Gasteiger partial charge in [-0.3, -0.25) is 14.5 Å². The molecule has 0 radical (unpaired) electrons. The number of amides is 1. The molecule has 1 amide bonds. The number of aliphatic hydroxyl groups is 1. The maximum Gasteiger partial charge on any atom is 0.296 e. The molecule has 1 aliphatic heterocycles. The highest BCUT2D eigenvalue weighted by Crippen LogP contribution is 2.46. The van der Waals surface area contributed by atoms with Crippen molar-refractivity contribution in [3.05, 3.63) is 137 Å². The van der Waals surface area contributed by atoms with Crippen molar-refractivity contribution in [2.45, 2.75) is 29.7 Å². The van der Waals surface area contributed by atoms with Gasteiger partial charge in [0.1, 0.15) is 12.4 Å². The first-order valence-corrected chi connectivity index (χ1v) is 17.7. The normalized spacial score (nSPS) is 14.4. The number of carbonyl (C=O) groups is 2. The Morgan fingerprint density at radius 1 is 0.941 bits per heavy atom. The Bertz CT molecular complexity index is 2250. The molecule has 13 heteroatoms. The predicted octanol–water partition coefficient (Wildman–Crippen LogP) is 8.48. The van der Waals surface area contributed by atoms with Gasteiger partial charge in [0, 0.05) is 11.1 Å². The summed E-state index contributed by atoms with van der Waals surface area (Å²) in [5.74, 6) is -0.918. The largest absolute Gasteiger partial charge is 0.503 e. The molecule has 1 aliphatic rings. The molecule has 0 saturated carbocycles. The number of halogens is 1. The van der Waals surface area contributed by atoms with Gasteiger partial charge in [-0.25, -0.2) is 4.39 Å². The van der Waals surface area contributed by atoms with Gasteiger partial charge in [-0.15, -0.1) is 10.2 Å². The number of furan rings is 1. The highest BCUT2D eigenvalue weighted by Gasteiger charge is 2.47. The zero-order valence-corrected chi connectivity index (χ0v) is 29.0. The molecule has 4 aromatic carbocycles. The summed E-state index contributed by atoms with van der Waals surface area (Å²) >= 11 is 2.49. The summed E-state index contributed by atoms with van der Waals surface area (Å²) in [7, 11) is 1.49. The minimum Gasteiger partial charge on any atom is -0.503 e. The number of carbonyl (C=O) groups excluding carboxylic acids is 2. The van der Waals surface area contributed by atoms with Crippen molar-refractivity contribution in [1.29, 1.82) is 0 Å². The van der Waals surface area contributed by atoms with Crippen LogP contribution >= 0.6 is 23.1 Å². The molecule has 1 unspecified atom stereocenters. The highest BCUT2D eigenvalue weighted by molar-refractivity contribution is 8.00. The fourth-order valence-corrected chi connectivity index (χ4v) is 7.52. The van der Waals surface area contributed by atoms with Gasteiger partial charge in [-0.2, -0.15) is 0 Å². The fourth-order valence-electron chi connectivity index (χ4n) is 5.69. The van der Waals surface area contributed by atoms with E-state index in [1.807, 2.05) is 37.3 Å². The van der Waals surface area contributed by atoms with Crippen molar-refractivity contribution in [2.75, 3.05) is 18.6 Å². The zero-order chi connectivity index (χ0) is 35.5. The molecule has 51 heavy (non-hydrogen) atoms. The lowest BCUT2D eigenvalue weighted by atomic mass is 9.95. The third-order valence-electron chi connectivity index (χ3n) is 8.10. The van der Waals surface area contributed by atoms with Crippen molar-refractivity contribution in [1.82, 2.24) is 10.2 Å². The Hall–Kier alpha value is -5.66. The van der Waals surface area contributed by atoms with E-state index in [0.717, 1.165) is 22.5 Å². The van der Waals surface area contributed by atoms with Crippen LogP contribution in [0.3, 0.4) is 0 Å². The molecule has 0 saturated heterocycles. The van der Waals surface area contributed by atoms with Crippen LogP contribution in [0.2, 0.25) is 0 Å². The first kappa shape index (κ1) is 33.8. The summed E-state index contributed by atoms with van der Waals surface area (Å²) in [5.41, 5.74) is 2.45. The van der Waals surface area contributed by atoms with Crippen molar-refractivity contribution >= 4 is 50.9 Å². The van der Waals surface area contributed by atoms with Crippen LogP contribution < -0.4 is 19.1 Å². The summed E-state index contributed by atoms with van der Waals surface area (Å²) in [6.45, 7) is 2.44. The Labute approximate surface area is 300 Å². The van der Waals surface area contributed by atoms with Gasteiger partial charge in [-0.1, -0.05) is 83.8 Å². The van der Waals surface area contributed by atoms with Gasteiger partial charge in [-0.05, 0) is 60.0 Å². The molecule has 0 fully saturated rings. The minimum absolute atomic E-state index is 0.0867. The number of fused-ring (bicyclic) bond motifs is 1.